The number of esters is 1. The van der Waals surface area contributed by atoms with Crippen LogP contribution >= 0.6 is 0 Å². The van der Waals surface area contributed by atoms with Gasteiger partial charge in [0.25, 0.3) is 0 Å². The van der Waals surface area contributed by atoms with Crippen LogP contribution in [0, 0.1) is 5.92 Å². The topological polar surface area (TPSA) is 41.6 Å². The monoisotopic (exact) mass is 240 g/mol. The molecule has 17 heavy (non-hydrogen) atoms. The molecule has 1 saturated carbocycles. The Morgan fingerprint density at radius 2 is 2.18 bits per heavy atom. The summed E-state index contributed by atoms with van der Waals surface area (Å²) in [5, 5.41) is 3.39. The third-order valence-corrected chi connectivity index (χ3v) is 4.02. The van der Waals surface area contributed by atoms with Crippen LogP contribution in [0.15, 0.2) is 0 Å². The van der Waals surface area contributed by atoms with Crippen molar-refractivity contribution >= 4 is 5.97 Å². The third kappa shape index (κ3) is 3.68. The van der Waals surface area contributed by atoms with Gasteiger partial charge in [0.1, 0.15) is 0 Å². The Morgan fingerprint density at radius 3 is 2.76 bits per heavy atom. The van der Waals surface area contributed by atoms with Crippen molar-refractivity contribution in [3.05, 3.63) is 0 Å². The number of likely N-dealkylation sites (tertiary alicyclic amines) is 1. The molecule has 0 spiro atoms. The summed E-state index contributed by atoms with van der Waals surface area (Å²) < 4.78 is 4.71. The average molecular weight is 240 g/mol. The van der Waals surface area contributed by atoms with Gasteiger partial charge in [0.2, 0.25) is 0 Å². The summed E-state index contributed by atoms with van der Waals surface area (Å²) in [6.45, 7) is 2.34. The Labute approximate surface area is 104 Å². The lowest BCUT2D eigenvalue weighted by Gasteiger charge is -2.38. The van der Waals surface area contributed by atoms with E-state index in [4.69, 9.17) is 4.74 Å². The second kappa shape index (κ2) is 5.83. The molecular weight excluding hydrogens is 216 g/mol. The number of nitrogens with one attached hydrogen (secondary N) is 1. The number of piperidine rings is 1. The van der Waals surface area contributed by atoms with Crippen LogP contribution in [0.2, 0.25) is 0 Å². The second-order valence-electron chi connectivity index (χ2n) is 5.39. The van der Waals surface area contributed by atoms with E-state index in [2.05, 4.69) is 10.2 Å². The van der Waals surface area contributed by atoms with Gasteiger partial charge < -0.3 is 10.1 Å². The van der Waals surface area contributed by atoms with E-state index in [1.54, 1.807) is 0 Å². The lowest BCUT2D eigenvalue weighted by molar-refractivity contribution is -0.141. The largest absolute Gasteiger partial charge is 0.469 e. The van der Waals surface area contributed by atoms with Gasteiger partial charge in [0, 0.05) is 31.6 Å². The molecule has 0 amide bonds. The van der Waals surface area contributed by atoms with E-state index in [-0.39, 0.29) is 5.97 Å². The first-order valence-corrected chi connectivity index (χ1v) is 6.71. The molecule has 1 saturated heterocycles. The number of ether oxygens (including phenoxy) is 1. The summed E-state index contributed by atoms with van der Waals surface area (Å²) in [6, 6.07) is 1.42. The van der Waals surface area contributed by atoms with Crippen LogP contribution in [0.25, 0.3) is 0 Å². The maximum absolute atomic E-state index is 11.2. The maximum Gasteiger partial charge on any atom is 0.305 e. The van der Waals surface area contributed by atoms with E-state index < -0.39 is 0 Å². The fourth-order valence-electron chi connectivity index (χ4n) is 2.82. The van der Waals surface area contributed by atoms with Crippen molar-refractivity contribution in [2.45, 2.75) is 44.2 Å². The quantitative estimate of drug-likeness (QED) is 0.728. The molecule has 2 unspecified atom stereocenters. The first-order chi connectivity index (χ1) is 8.22. The number of carbonyl (C=O) groups excluding carboxylic acids is 1. The summed E-state index contributed by atoms with van der Waals surface area (Å²) in [5.74, 6) is 0.565. The number of carbonyl (C=O) groups is 1. The lowest BCUT2D eigenvalue weighted by atomic mass is 9.90. The Bertz CT molecular complexity index is 266. The lowest BCUT2D eigenvalue weighted by Crippen LogP contribution is -2.49. The minimum absolute atomic E-state index is 0.0745. The van der Waals surface area contributed by atoms with Gasteiger partial charge >= 0.3 is 5.97 Å². The Kier molecular flexibility index (Phi) is 4.40. The third-order valence-electron chi connectivity index (χ3n) is 4.02. The molecule has 98 valence electrons. The smallest absolute Gasteiger partial charge is 0.305 e. The highest BCUT2D eigenvalue weighted by Crippen LogP contribution is 2.32. The molecule has 0 aromatic carbocycles. The van der Waals surface area contributed by atoms with Gasteiger partial charge in [-0.25, -0.2) is 0 Å². The number of hydrogen-bond acceptors (Lipinski definition) is 4. The number of nitrogens with zero attached hydrogens (tertiary/aromatic N) is 1. The van der Waals surface area contributed by atoms with E-state index in [1.165, 1.54) is 39.5 Å². The zero-order chi connectivity index (χ0) is 12.3. The van der Waals surface area contributed by atoms with Crippen LogP contribution in [0.1, 0.15) is 32.1 Å². The van der Waals surface area contributed by atoms with Crippen molar-refractivity contribution in [2.24, 2.45) is 5.92 Å². The van der Waals surface area contributed by atoms with Gasteiger partial charge in [0.05, 0.1) is 7.11 Å². The molecule has 1 aliphatic carbocycles. The summed E-state index contributed by atoms with van der Waals surface area (Å²) in [5.41, 5.74) is 0. The number of likely N-dealkylation sites (N-methyl/N-ethyl adjacent to an activating group) is 1. The van der Waals surface area contributed by atoms with Crippen molar-refractivity contribution in [3.8, 4) is 0 Å². The fraction of sp³-hybridized carbons (Fsp3) is 0.923. The minimum Gasteiger partial charge on any atom is -0.469 e. The molecule has 0 bridgehead atoms. The second-order valence-corrected chi connectivity index (χ2v) is 5.39. The van der Waals surface area contributed by atoms with E-state index in [0.29, 0.717) is 18.4 Å². The van der Waals surface area contributed by atoms with E-state index in [0.717, 1.165) is 12.5 Å². The Balaban J connectivity index is 1.81. The predicted molar refractivity (Wildman–Crippen MR) is 66.8 cm³/mol. The van der Waals surface area contributed by atoms with Gasteiger partial charge in [0.15, 0.2) is 0 Å². The molecule has 1 heterocycles. The molecule has 1 aliphatic heterocycles. The van der Waals surface area contributed by atoms with Crippen LogP contribution in [0.5, 0.6) is 0 Å². The van der Waals surface area contributed by atoms with Gasteiger partial charge in [-0.2, -0.15) is 0 Å². The van der Waals surface area contributed by atoms with Crippen molar-refractivity contribution in [1.82, 2.24) is 10.2 Å². The summed E-state index contributed by atoms with van der Waals surface area (Å²) in [4.78, 5) is 13.8. The molecule has 2 aliphatic rings. The van der Waals surface area contributed by atoms with E-state index in [9.17, 15) is 4.79 Å². The molecule has 0 aromatic rings. The van der Waals surface area contributed by atoms with Crippen LogP contribution < -0.4 is 5.32 Å². The first-order valence-electron chi connectivity index (χ1n) is 6.71. The van der Waals surface area contributed by atoms with E-state index >= 15 is 0 Å². The van der Waals surface area contributed by atoms with Crippen LogP contribution in [0.4, 0.5) is 0 Å². The maximum atomic E-state index is 11.2. The van der Waals surface area contributed by atoms with Crippen LogP contribution in [-0.2, 0) is 9.53 Å². The minimum atomic E-state index is -0.0745. The Hall–Kier alpha value is -0.610. The van der Waals surface area contributed by atoms with Crippen molar-refractivity contribution in [2.75, 3.05) is 27.2 Å². The van der Waals surface area contributed by atoms with Crippen molar-refractivity contribution in [1.29, 1.82) is 0 Å². The molecule has 2 atom stereocenters. The molecule has 1 N–H and O–H groups in total. The number of methoxy groups -OCH3 is 1. The highest BCUT2D eigenvalue weighted by Gasteiger charge is 2.35. The van der Waals surface area contributed by atoms with Crippen molar-refractivity contribution < 1.29 is 9.53 Å². The molecule has 0 radical (unpaired) electrons. The molecule has 0 aromatic heterocycles. The SMILES string of the molecule is CNC1CC(CCC(=O)OC)CN(C2CC2)C1. The van der Waals surface area contributed by atoms with Crippen LogP contribution in [0.3, 0.4) is 0 Å². The number of rotatable bonds is 5. The zero-order valence-corrected chi connectivity index (χ0v) is 10.9. The fourth-order valence-corrected chi connectivity index (χ4v) is 2.82. The summed E-state index contributed by atoms with van der Waals surface area (Å²) >= 11 is 0. The highest BCUT2D eigenvalue weighted by atomic mass is 16.5. The standard InChI is InChI=1S/C13H24N2O2/c1-14-11-7-10(3-6-13(16)17-2)8-15(9-11)12-4-5-12/h10-12,14H,3-9H2,1-2H3. The number of hydrogen-bond donors (Lipinski definition) is 1. The highest BCUT2D eigenvalue weighted by molar-refractivity contribution is 5.69. The summed E-state index contributed by atoms with van der Waals surface area (Å²) in [7, 11) is 3.51. The predicted octanol–water partition coefficient (Wildman–Crippen LogP) is 1.01. The molecule has 2 rings (SSSR count). The molecule has 2 fully saturated rings. The molecule has 4 heteroatoms. The van der Waals surface area contributed by atoms with E-state index in [1.807, 2.05) is 7.05 Å². The van der Waals surface area contributed by atoms with Gasteiger partial charge in [-0.05, 0) is 38.6 Å². The summed E-state index contributed by atoms with van der Waals surface area (Å²) in [6.07, 6.45) is 5.45. The average Bonchev–Trinajstić information content (AvgIpc) is 3.19. The van der Waals surface area contributed by atoms with Crippen molar-refractivity contribution in [3.63, 3.8) is 0 Å². The normalized spacial score (nSPS) is 30.2. The Morgan fingerprint density at radius 1 is 1.41 bits per heavy atom. The molecular formula is C13H24N2O2. The first kappa shape index (κ1) is 12.8. The zero-order valence-electron chi connectivity index (χ0n) is 10.9. The van der Waals surface area contributed by atoms with Crippen LogP contribution in [-0.4, -0.2) is 50.2 Å². The molecule has 4 nitrogen and oxygen atoms in total. The van der Waals surface area contributed by atoms with Gasteiger partial charge in [-0.1, -0.05) is 0 Å². The van der Waals surface area contributed by atoms with Gasteiger partial charge in [-0.3, -0.25) is 9.69 Å². The van der Waals surface area contributed by atoms with Gasteiger partial charge in [-0.15, -0.1) is 0 Å².